The zero-order chi connectivity index (χ0) is 10.8. The van der Waals surface area contributed by atoms with Crippen molar-refractivity contribution in [3.63, 3.8) is 0 Å². The highest BCUT2D eigenvalue weighted by Crippen LogP contribution is 2.32. The predicted octanol–water partition coefficient (Wildman–Crippen LogP) is 2.48. The second kappa shape index (κ2) is 4.05. The monoisotopic (exact) mass is 202 g/mol. The SMILES string of the molecule is CC(C)N=C(N)C1CCc2ccccc21. The lowest BCUT2D eigenvalue weighted by atomic mass is 10.0. The molecule has 1 aliphatic carbocycles. The van der Waals surface area contributed by atoms with Crippen LogP contribution in [0.4, 0.5) is 0 Å². The third-order valence-electron chi connectivity index (χ3n) is 2.90. The van der Waals surface area contributed by atoms with Crippen LogP contribution in [0.3, 0.4) is 0 Å². The molecule has 1 aliphatic rings. The molecule has 2 rings (SSSR count). The van der Waals surface area contributed by atoms with E-state index in [9.17, 15) is 0 Å². The highest BCUT2D eigenvalue weighted by Gasteiger charge is 2.24. The fourth-order valence-electron chi connectivity index (χ4n) is 2.25. The van der Waals surface area contributed by atoms with Gasteiger partial charge in [0.15, 0.2) is 0 Å². The van der Waals surface area contributed by atoms with E-state index in [4.69, 9.17) is 5.73 Å². The Labute approximate surface area is 91.2 Å². The number of hydrogen-bond acceptors (Lipinski definition) is 1. The van der Waals surface area contributed by atoms with Crippen molar-refractivity contribution in [3.8, 4) is 0 Å². The molecule has 15 heavy (non-hydrogen) atoms. The Hall–Kier alpha value is -1.31. The first-order chi connectivity index (χ1) is 7.18. The van der Waals surface area contributed by atoms with Crippen LogP contribution in [0.2, 0.25) is 0 Å². The van der Waals surface area contributed by atoms with Gasteiger partial charge < -0.3 is 5.73 Å². The standard InChI is InChI=1S/C13H18N2/c1-9(2)15-13(14)12-8-7-10-5-3-4-6-11(10)12/h3-6,9,12H,7-8H2,1-2H3,(H2,14,15). The Balaban J connectivity index is 2.28. The van der Waals surface area contributed by atoms with Gasteiger partial charge in [-0.2, -0.15) is 0 Å². The summed E-state index contributed by atoms with van der Waals surface area (Å²) in [5.41, 5.74) is 8.85. The second-order valence-corrected chi connectivity index (χ2v) is 4.44. The molecule has 0 fully saturated rings. The van der Waals surface area contributed by atoms with Crippen LogP contribution < -0.4 is 5.73 Å². The molecule has 0 aliphatic heterocycles. The van der Waals surface area contributed by atoms with Crippen LogP contribution in [0.1, 0.15) is 37.3 Å². The molecule has 0 saturated carbocycles. The molecule has 2 heteroatoms. The van der Waals surface area contributed by atoms with Crippen LogP contribution in [0, 0.1) is 0 Å². The molecule has 0 bridgehead atoms. The molecule has 0 aromatic heterocycles. The van der Waals surface area contributed by atoms with Gasteiger partial charge in [0, 0.05) is 12.0 Å². The first-order valence-corrected chi connectivity index (χ1v) is 5.59. The number of aryl methyl sites for hydroxylation is 1. The Bertz CT molecular complexity index is 380. The molecule has 1 aromatic carbocycles. The van der Waals surface area contributed by atoms with Gasteiger partial charge in [-0.15, -0.1) is 0 Å². The minimum atomic E-state index is 0.290. The number of hydrogen-bond donors (Lipinski definition) is 1. The summed E-state index contributed by atoms with van der Waals surface area (Å²) in [4.78, 5) is 4.45. The fraction of sp³-hybridized carbons (Fsp3) is 0.462. The Morgan fingerprint density at radius 3 is 2.87 bits per heavy atom. The first kappa shape index (κ1) is 10.2. The van der Waals surface area contributed by atoms with Crippen molar-refractivity contribution in [2.45, 2.75) is 38.6 Å². The molecule has 1 atom stereocenters. The minimum Gasteiger partial charge on any atom is -0.387 e. The lowest BCUT2D eigenvalue weighted by Gasteiger charge is -2.12. The molecule has 0 amide bonds. The van der Waals surface area contributed by atoms with Gasteiger partial charge in [-0.1, -0.05) is 24.3 Å². The summed E-state index contributed by atoms with van der Waals surface area (Å²) in [5, 5.41) is 0. The van der Waals surface area contributed by atoms with E-state index >= 15 is 0 Å². The average Bonchev–Trinajstić information content (AvgIpc) is 2.59. The van der Waals surface area contributed by atoms with E-state index in [1.807, 2.05) is 0 Å². The molecule has 0 radical (unpaired) electrons. The van der Waals surface area contributed by atoms with Gasteiger partial charge in [0.05, 0.1) is 0 Å². The number of rotatable bonds is 2. The zero-order valence-corrected chi connectivity index (χ0v) is 9.40. The summed E-state index contributed by atoms with van der Waals surface area (Å²) in [7, 11) is 0. The van der Waals surface area contributed by atoms with E-state index < -0.39 is 0 Å². The van der Waals surface area contributed by atoms with Crippen LogP contribution in [-0.4, -0.2) is 11.9 Å². The number of amidine groups is 1. The van der Waals surface area contributed by atoms with Gasteiger partial charge in [0.25, 0.3) is 0 Å². The molecular formula is C13H18N2. The summed E-state index contributed by atoms with van der Waals surface area (Å²) in [6.07, 6.45) is 2.25. The van der Waals surface area contributed by atoms with Gasteiger partial charge in [-0.25, -0.2) is 0 Å². The Kier molecular flexibility index (Phi) is 2.76. The summed E-state index contributed by atoms with van der Waals surface area (Å²) in [6, 6.07) is 8.84. The van der Waals surface area contributed by atoms with Crippen LogP contribution in [-0.2, 0) is 6.42 Å². The normalized spacial score (nSPS) is 20.7. The third-order valence-corrected chi connectivity index (χ3v) is 2.90. The fourth-order valence-corrected chi connectivity index (χ4v) is 2.25. The summed E-state index contributed by atoms with van der Waals surface area (Å²) in [6.45, 7) is 4.13. The van der Waals surface area contributed by atoms with E-state index in [0.717, 1.165) is 18.7 Å². The number of fused-ring (bicyclic) bond motifs is 1. The maximum absolute atomic E-state index is 6.04. The highest BCUT2D eigenvalue weighted by molar-refractivity contribution is 5.88. The molecular weight excluding hydrogens is 184 g/mol. The molecule has 2 nitrogen and oxygen atoms in total. The van der Waals surface area contributed by atoms with Crippen LogP contribution in [0.25, 0.3) is 0 Å². The topological polar surface area (TPSA) is 38.4 Å². The van der Waals surface area contributed by atoms with E-state index in [2.05, 4.69) is 43.1 Å². The number of nitrogens with two attached hydrogens (primary N) is 1. The molecule has 1 aromatic rings. The van der Waals surface area contributed by atoms with Crippen molar-refractivity contribution >= 4 is 5.84 Å². The number of aliphatic imine (C=N–C) groups is 1. The maximum Gasteiger partial charge on any atom is 0.102 e. The van der Waals surface area contributed by atoms with Crippen molar-refractivity contribution in [2.24, 2.45) is 10.7 Å². The van der Waals surface area contributed by atoms with Crippen LogP contribution >= 0.6 is 0 Å². The molecule has 0 saturated heterocycles. The largest absolute Gasteiger partial charge is 0.387 e. The van der Waals surface area contributed by atoms with Gasteiger partial charge in [-0.3, -0.25) is 4.99 Å². The zero-order valence-electron chi connectivity index (χ0n) is 9.40. The number of benzene rings is 1. The van der Waals surface area contributed by atoms with Gasteiger partial charge in [0.1, 0.15) is 5.84 Å². The first-order valence-electron chi connectivity index (χ1n) is 5.59. The third kappa shape index (κ3) is 2.04. The summed E-state index contributed by atoms with van der Waals surface area (Å²) < 4.78 is 0. The Morgan fingerprint density at radius 1 is 1.40 bits per heavy atom. The summed E-state index contributed by atoms with van der Waals surface area (Å²) in [5.74, 6) is 1.15. The molecule has 2 N–H and O–H groups in total. The lowest BCUT2D eigenvalue weighted by Crippen LogP contribution is -2.21. The molecule has 0 heterocycles. The van der Waals surface area contributed by atoms with Crippen molar-refractivity contribution in [2.75, 3.05) is 0 Å². The summed E-state index contributed by atoms with van der Waals surface area (Å²) >= 11 is 0. The van der Waals surface area contributed by atoms with Crippen molar-refractivity contribution in [1.82, 2.24) is 0 Å². The number of nitrogens with zero attached hydrogens (tertiary/aromatic N) is 1. The van der Waals surface area contributed by atoms with Gasteiger partial charge in [-0.05, 0) is 37.8 Å². The predicted molar refractivity (Wildman–Crippen MR) is 64.3 cm³/mol. The molecule has 1 unspecified atom stereocenters. The molecule has 80 valence electrons. The van der Waals surface area contributed by atoms with Crippen molar-refractivity contribution < 1.29 is 0 Å². The highest BCUT2D eigenvalue weighted by atomic mass is 14.9. The van der Waals surface area contributed by atoms with E-state index in [1.165, 1.54) is 11.1 Å². The van der Waals surface area contributed by atoms with Crippen molar-refractivity contribution in [3.05, 3.63) is 35.4 Å². The van der Waals surface area contributed by atoms with Gasteiger partial charge >= 0.3 is 0 Å². The van der Waals surface area contributed by atoms with Crippen molar-refractivity contribution in [1.29, 1.82) is 0 Å². The Morgan fingerprint density at radius 2 is 2.13 bits per heavy atom. The maximum atomic E-state index is 6.04. The van der Waals surface area contributed by atoms with Crippen LogP contribution in [0.15, 0.2) is 29.3 Å². The second-order valence-electron chi connectivity index (χ2n) is 4.44. The van der Waals surface area contributed by atoms with E-state index in [1.54, 1.807) is 0 Å². The van der Waals surface area contributed by atoms with Crippen LogP contribution in [0.5, 0.6) is 0 Å². The van der Waals surface area contributed by atoms with Gasteiger partial charge in [0.2, 0.25) is 0 Å². The minimum absolute atomic E-state index is 0.290. The lowest BCUT2D eigenvalue weighted by molar-refractivity contribution is 0.789. The quantitative estimate of drug-likeness (QED) is 0.580. The molecule has 0 spiro atoms. The smallest absolute Gasteiger partial charge is 0.102 e. The average molecular weight is 202 g/mol. The van der Waals surface area contributed by atoms with E-state index in [0.29, 0.717) is 5.92 Å². The van der Waals surface area contributed by atoms with E-state index in [-0.39, 0.29) is 6.04 Å².